The van der Waals surface area contributed by atoms with E-state index in [0.29, 0.717) is 30.5 Å². The van der Waals surface area contributed by atoms with Gasteiger partial charge in [-0.05, 0) is 44.6 Å². The molecular formula is C20H31N5O2. The number of hydrogen-bond donors (Lipinski definition) is 1. The van der Waals surface area contributed by atoms with Gasteiger partial charge in [-0.25, -0.2) is 0 Å². The molecule has 2 heterocycles. The minimum atomic E-state index is -0.471. The lowest BCUT2D eigenvalue weighted by molar-refractivity contribution is -0.123. The molecule has 0 atom stereocenters. The van der Waals surface area contributed by atoms with Gasteiger partial charge in [0.2, 0.25) is 11.8 Å². The summed E-state index contributed by atoms with van der Waals surface area (Å²) in [6.07, 6.45) is 4.99. The van der Waals surface area contributed by atoms with Crippen LogP contribution < -0.4 is 5.32 Å². The van der Waals surface area contributed by atoms with Crippen LogP contribution in [-0.2, 0) is 23.3 Å². The number of nitrogens with one attached hydrogen (secondary N) is 1. The van der Waals surface area contributed by atoms with Crippen molar-refractivity contribution >= 4 is 5.91 Å². The van der Waals surface area contributed by atoms with Gasteiger partial charge in [0.15, 0.2) is 5.82 Å². The van der Waals surface area contributed by atoms with Crippen molar-refractivity contribution in [3.05, 3.63) is 28.7 Å². The van der Waals surface area contributed by atoms with E-state index in [1.54, 1.807) is 6.92 Å². The highest BCUT2D eigenvalue weighted by molar-refractivity contribution is 5.77. The van der Waals surface area contributed by atoms with Gasteiger partial charge in [0, 0.05) is 25.6 Å². The summed E-state index contributed by atoms with van der Waals surface area (Å²) in [6, 6.07) is 0. The van der Waals surface area contributed by atoms with Gasteiger partial charge < -0.3 is 9.84 Å². The Bertz CT molecular complexity index is 799. The van der Waals surface area contributed by atoms with E-state index >= 15 is 0 Å². The monoisotopic (exact) mass is 373 g/mol. The first kappa shape index (κ1) is 19.6. The maximum absolute atomic E-state index is 12.7. The number of aryl methyl sites for hydroxylation is 2. The summed E-state index contributed by atoms with van der Waals surface area (Å²) < 4.78 is 7.22. The molecule has 1 amide bonds. The van der Waals surface area contributed by atoms with E-state index in [9.17, 15) is 4.79 Å². The second-order valence-corrected chi connectivity index (χ2v) is 8.20. The number of aromatic nitrogens is 4. The standard InChI is InChI=1S/C20H31N5O2/c1-13(2)12-25-15(4)17(14(3)23-25)8-9-18(26)22-20(10-6-7-11-20)19-21-16(5)27-24-19/h13H,6-12H2,1-5H3,(H,22,26). The maximum Gasteiger partial charge on any atom is 0.223 e. The van der Waals surface area contributed by atoms with E-state index in [0.717, 1.165) is 37.9 Å². The minimum absolute atomic E-state index is 0.0368. The third-order valence-corrected chi connectivity index (χ3v) is 5.46. The van der Waals surface area contributed by atoms with Crippen molar-refractivity contribution < 1.29 is 9.32 Å². The first-order valence-corrected chi connectivity index (χ1v) is 9.95. The van der Waals surface area contributed by atoms with Crippen LogP contribution in [0.5, 0.6) is 0 Å². The van der Waals surface area contributed by atoms with Crippen LogP contribution in [0.4, 0.5) is 0 Å². The number of amides is 1. The molecule has 3 rings (SSSR count). The van der Waals surface area contributed by atoms with Crippen molar-refractivity contribution in [3.8, 4) is 0 Å². The molecule has 1 aliphatic rings. The van der Waals surface area contributed by atoms with Crippen molar-refractivity contribution in [1.82, 2.24) is 25.2 Å². The molecule has 0 radical (unpaired) electrons. The SMILES string of the molecule is Cc1nc(C2(NC(=O)CCc3c(C)nn(CC(C)C)c3C)CCCC2)no1. The predicted octanol–water partition coefficient (Wildman–Crippen LogP) is 3.37. The average Bonchev–Trinajstić information content (AvgIpc) is 3.28. The molecule has 0 aromatic carbocycles. The number of carbonyl (C=O) groups is 1. The number of rotatable bonds is 7. The van der Waals surface area contributed by atoms with Gasteiger partial charge in [0.1, 0.15) is 5.54 Å². The number of hydrogen-bond acceptors (Lipinski definition) is 5. The van der Waals surface area contributed by atoms with Crippen molar-refractivity contribution in [2.24, 2.45) is 5.92 Å². The molecule has 2 aromatic heterocycles. The van der Waals surface area contributed by atoms with Crippen LogP contribution in [0.2, 0.25) is 0 Å². The Labute approximate surface area is 160 Å². The summed E-state index contributed by atoms with van der Waals surface area (Å²) in [4.78, 5) is 17.1. The van der Waals surface area contributed by atoms with Crippen LogP contribution in [-0.4, -0.2) is 25.8 Å². The summed E-state index contributed by atoms with van der Waals surface area (Å²) in [6.45, 7) is 11.2. The molecule has 1 N–H and O–H groups in total. The number of carbonyl (C=O) groups excluding carboxylic acids is 1. The maximum atomic E-state index is 12.7. The molecular weight excluding hydrogens is 342 g/mol. The Kier molecular flexibility index (Phi) is 5.67. The van der Waals surface area contributed by atoms with E-state index in [2.05, 4.69) is 46.0 Å². The summed E-state index contributed by atoms with van der Waals surface area (Å²) in [5, 5.41) is 12.0. The lowest BCUT2D eigenvalue weighted by Gasteiger charge is -2.26. The topological polar surface area (TPSA) is 85.8 Å². The first-order valence-electron chi connectivity index (χ1n) is 9.95. The normalized spacial score (nSPS) is 16.2. The highest BCUT2D eigenvalue weighted by Crippen LogP contribution is 2.37. The Morgan fingerprint density at radius 3 is 2.56 bits per heavy atom. The molecule has 7 heteroatoms. The van der Waals surface area contributed by atoms with Crippen LogP contribution in [0.1, 0.15) is 74.6 Å². The molecule has 2 aromatic rings. The fourth-order valence-corrected chi connectivity index (χ4v) is 4.06. The number of nitrogens with zero attached hydrogens (tertiary/aromatic N) is 4. The van der Waals surface area contributed by atoms with Crippen LogP contribution in [0.3, 0.4) is 0 Å². The Hall–Kier alpha value is -2.18. The van der Waals surface area contributed by atoms with Crippen molar-refractivity contribution in [1.29, 1.82) is 0 Å². The minimum Gasteiger partial charge on any atom is -0.343 e. The molecule has 1 aliphatic carbocycles. The highest BCUT2D eigenvalue weighted by atomic mass is 16.5. The zero-order valence-electron chi connectivity index (χ0n) is 17.1. The quantitative estimate of drug-likeness (QED) is 0.804. The zero-order chi connectivity index (χ0) is 19.6. The summed E-state index contributed by atoms with van der Waals surface area (Å²) in [5.74, 6) is 1.73. The molecule has 0 aliphatic heterocycles. The zero-order valence-corrected chi connectivity index (χ0v) is 17.1. The molecule has 0 saturated heterocycles. The lowest BCUT2D eigenvalue weighted by Crippen LogP contribution is -2.44. The van der Waals surface area contributed by atoms with Gasteiger partial charge in [-0.3, -0.25) is 9.48 Å². The third-order valence-electron chi connectivity index (χ3n) is 5.46. The lowest BCUT2D eigenvalue weighted by atomic mass is 9.96. The van der Waals surface area contributed by atoms with Crippen molar-refractivity contribution in [3.63, 3.8) is 0 Å². The molecule has 27 heavy (non-hydrogen) atoms. The predicted molar refractivity (Wildman–Crippen MR) is 102 cm³/mol. The summed E-state index contributed by atoms with van der Waals surface area (Å²) >= 11 is 0. The summed E-state index contributed by atoms with van der Waals surface area (Å²) in [5.41, 5.74) is 2.89. The Morgan fingerprint density at radius 1 is 1.26 bits per heavy atom. The van der Waals surface area contributed by atoms with Crippen LogP contribution >= 0.6 is 0 Å². The van der Waals surface area contributed by atoms with Gasteiger partial charge >= 0.3 is 0 Å². The molecule has 0 spiro atoms. The van der Waals surface area contributed by atoms with Gasteiger partial charge in [0.05, 0.1) is 5.69 Å². The van der Waals surface area contributed by atoms with Gasteiger partial charge in [-0.2, -0.15) is 10.1 Å². The molecule has 148 valence electrons. The van der Waals surface area contributed by atoms with Crippen LogP contribution in [0, 0.1) is 26.7 Å². The summed E-state index contributed by atoms with van der Waals surface area (Å²) in [7, 11) is 0. The molecule has 1 fully saturated rings. The molecule has 0 unspecified atom stereocenters. The molecule has 1 saturated carbocycles. The van der Waals surface area contributed by atoms with Crippen molar-refractivity contribution in [2.75, 3.05) is 0 Å². The second kappa shape index (κ2) is 7.82. The van der Waals surface area contributed by atoms with Crippen molar-refractivity contribution in [2.45, 2.75) is 85.2 Å². The van der Waals surface area contributed by atoms with Gasteiger partial charge in [-0.1, -0.05) is 31.8 Å². The smallest absolute Gasteiger partial charge is 0.223 e. The van der Waals surface area contributed by atoms with Crippen LogP contribution in [0.25, 0.3) is 0 Å². The third kappa shape index (κ3) is 4.22. The van der Waals surface area contributed by atoms with E-state index in [1.807, 2.05) is 6.92 Å². The Balaban J connectivity index is 1.67. The van der Waals surface area contributed by atoms with E-state index < -0.39 is 5.54 Å². The van der Waals surface area contributed by atoms with E-state index in [4.69, 9.17) is 4.52 Å². The fraction of sp³-hybridized carbons (Fsp3) is 0.700. The molecule has 0 bridgehead atoms. The second-order valence-electron chi connectivity index (χ2n) is 8.20. The fourth-order valence-electron chi connectivity index (χ4n) is 4.06. The van der Waals surface area contributed by atoms with Crippen LogP contribution in [0.15, 0.2) is 4.52 Å². The van der Waals surface area contributed by atoms with E-state index in [1.165, 1.54) is 11.3 Å². The van der Waals surface area contributed by atoms with Gasteiger partial charge in [-0.15, -0.1) is 0 Å². The largest absolute Gasteiger partial charge is 0.343 e. The van der Waals surface area contributed by atoms with E-state index in [-0.39, 0.29) is 5.91 Å². The Morgan fingerprint density at radius 2 is 1.96 bits per heavy atom. The average molecular weight is 374 g/mol. The first-order chi connectivity index (χ1) is 12.8. The highest BCUT2D eigenvalue weighted by Gasteiger charge is 2.41. The molecule has 7 nitrogen and oxygen atoms in total. The van der Waals surface area contributed by atoms with Gasteiger partial charge in [0.25, 0.3) is 0 Å².